The predicted molar refractivity (Wildman–Crippen MR) is 220 cm³/mol. The minimum Gasteiger partial charge on any atom is -0.368 e. The van der Waals surface area contributed by atoms with Crippen molar-refractivity contribution in [1.29, 1.82) is 0 Å². The van der Waals surface area contributed by atoms with Crippen molar-refractivity contribution in [2.24, 2.45) is 23.3 Å². The maximum absolute atomic E-state index is 13.1. The second-order valence-electron chi connectivity index (χ2n) is 16.0. The number of hydrogen-bond donors (Lipinski definition) is 11. The van der Waals surface area contributed by atoms with Crippen LogP contribution in [0.25, 0.3) is 0 Å². The summed E-state index contributed by atoms with van der Waals surface area (Å²) in [5, 5.41) is 22.1. The number of rotatable bonds is 22. The highest BCUT2D eigenvalue weighted by Crippen LogP contribution is 2.19. The molecule has 0 aromatic carbocycles. The molecule has 1 rings (SSSR count). The molecule has 0 radical (unpaired) electrons. The monoisotopic (exact) mass is 866 g/mol. The number of carbonyl (C=O) groups is 11. The van der Waals surface area contributed by atoms with Crippen LogP contribution in [0.2, 0.25) is 0 Å². The van der Waals surface area contributed by atoms with Crippen molar-refractivity contribution in [2.75, 3.05) is 13.1 Å². The van der Waals surface area contributed by atoms with Crippen LogP contribution >= 0.6 is 0 Å². The lowest BCUT2D eigenvalue weighted by atomic mass is 9.99. The zero-order valence-corrected chi connectivity index (χ0v) is 36.8. The first-order valence-electron chi connectivity index (χ1n) is 20.2. The first kappa shape index (κ1) is 53.1. The molecule has 1 aliphatic heterocycles. The van der Waals surface area contributed by atoms with Crippen LogP contribution in [0.4, 0.5) is 0 Å². The number of hydrogen-bond acceptors (Lipinski definition) is 12. The zero-order chi connectivity index (χ0) is 47.0. The highest BCUT2D eigenvalue weighted by atomic mass is 16.2. The van der Waals surface area contributed by atoms with Gasteiger partial charge in [0.25, 0.3) is 0 Å². The van der Waals surface area contributed by atoms with Gasteiger partial charge in [-0.1, -0.05) is 27.7 Å². The van der Waals surface area contributed by atoms with E-state index in [1.807, 2.05) is 0 Å². The van der Waals surface area contributed by atoms with Crippen molar-refractivity contribution < 1.29 is 52.7 Å². The van der Waals surface area contributed by atoms with E-state index in [2.05, 4.69) is 47.9 Å². The van der Waals surface area contributed by atoms with Crippen molar-refractivity contribution in [3.8, 4) is 0 Å². The second kappa shape index (κ2) is 24.4. The third-order valence-corrected chi connectivity index (χ3v) is 9.70. The molecule has 0 aromatic rings. The van der Waals surface area contributed by atoms with Crippen molar-refractivity contribution in [2.45, 2.75) is 149 Å². The summed E-state index contributed by atoms with van der Waals surface area (Å²) in [5.41, 5.74) is 10.9. The average Bonchev–Trinajstić information content (AvgIpc) is 3.67. The summed E-state index contributed by atoms with van der Waals surface area (Å²) in [5.74, 6) is -8.16. The van der Waals surface area contributed by atoms with E-state index in [1.54, 1.807) is 27.7 Å². The fraction of sp³-hybridized carbons (Fsp3) is 0.711. The Bertz CT molecular complexity index is 1660. The van der Waals surface area contributed by atoms with E-state index in [9.17, 15) is 52.7 Å². The second-order valence-corrected chi connectivity index (χ2v) is 16.0. The Labute approximate surface area is 355 Å². The number of nitrogens with zero attached hydrogens (tertiary/aromatic N) is 1. The van der Waals surface area contributed by atoms with Gasteiger partial charge in [0, 0.05) is 6.54 Å². The Morgan fingerprint density at radius 2 is 0.918 bits per heavy atom. The van der Waals surface area contributed by atoms with Crippen LogP contribution in [0.1, 0.15) is 89.0 Å². The molecule has 23 nitrogen and oxygen atoms in total. The summed E-state index contributed by atoms with van der Waals surface area (Å²) in [6.07, 6.45) is 0.855. The summed E-state index contributed by atoms with van der Waals surface area (Å²) in [7, 11) is 0. The minimum atomic E-state index is -1.18. The molecule has 11 amide bonds. The molecule has 0 saturated carbocycles. The molecule has 10 atom stereocenters. The number of carbonyl (C=O) groups excluding carboxylic acids is 11. The molecule has 13 N–H and O–H groups in total. The maximum atomic E-state index is 13.1. The summed E-state index contributed by atoms with van der Waals surface area (Å²) in [4.78, 5) is 140. The van der Waals surface area contributed by atoms with Crippen LogP contribution in [0.5, 0.6) is 0 Å². The Balaban J connectivity index is 2.60. The van der Waals surface area contributed by atoms with Crippen LogP contribution in [-0.2, 0) is 52.7 Å². The standard InChI is InChI=1S/C38H66N12O11/c1-16(2)27(29(40)52)48-37(60)28(17(3)4)49-35(58)20(7)42-26(51)15-41-31(54)19(6)43-32(55)21(8)44-33(56)22(9)45-34(57)23(10)46-36(59)25-13-12-14-50(25)38(61)24(11)47-30(53)18(5)39/h16-25,27-28H,12-15,39H2,1-11H3,(H2,40,52)(H,41,54)(H,42,51)(H,43,55)(H,44,56)(H,45,57)(H,46,59)(H,47,53)(H,48,60)(H,49,58)/t18-,19+,20+,21+,22+,23+,24+,25+,27+,28+/m1/s1. The lowest BCUT2D eigenvalue weighted by Crippen LogP contribution is -2.59. The van der Waals surface area contributed by atoms with Gasteiger partial charge in [-0.05, 0) is 73.1 Å². The van der Waals surface area contributed by atoms with Crippen molar-refractivity contribution in [1.82, 2.24) is 52.8 Å². The normalized spacial score (nSPS) is 18.0. The maximum Gasteiger partial charge on any atom is 0.245 e. The van der Waals surface area contributed by atoms with Crippen LogP contribution in [0.15, 0.2) is 0 Å². The minimum absolute atomic E-state index is 0.270. The van der Waals surface area contributed by atoms with Crippen LogP contribution in [0.3, 0.4) is 0 Å². The molecule has 61 heavy (non-hydrogen) atoms. The quantitative estimate of drug-likeness (QED) is 0.0489. The molecule has 1 heterocycles. The van der Waals surface area contributed by atoms with E-state index in [0.717, 1.165) is 0 Å². The molecule has 344 valence electrons. The van der Waals surface area contributed by atoms with E-state index in [4.69, 9.17) is 11.5 Å². The third kappa shape index (κ3) is 17.0. The molecule has 0 spiro atoms. The molecule has 1 aliphatic rings. The van der Waals surface area contributed by atoms with Gasteiger partial charge in [0.15, 0.2) is 0 Å². The largest absolute Gasteiger partial charge is 0.368 e. The van der Waals surface area contributed by atoms with Gasteiger partial charge in [0.2, 0.25) is 65.0 Å². The smallest absolute Gasteiger partial charge is 0.245 e. The summed E-state index contributed by atoms with van der Waals surface area (Å²) in [6, 6.07) is -10.5. The Hall–Kier alpha value is -5.87. The number of nitrogens with one attached hydrogen (secondary N) is 9. The Morgan fingerprint density at radius 1 is 0.508 bits per heavy atom. The fourth-order valence-corrected chi connectivity index (χ4v) is 5.85. The van der Waals surface area contributed by atoms with Gasteiger partial charge in [-0.15, -0.1) is 0 Å². The van der Waals surface area contributed by atoms with Gasteiger partial charge in [0.1, 0.15) is 54.4 Å². The third-order valence-electron chi connectivity index (χ3n) is 9.70. The molecular weight excluding hydrogens is 800 g/mol. The summed E-state index contributed by atoms with van der Waals surface area (Å²) in [6.45, 7) is 16.1. The first-order valence-corrected chi connectivity index (χ1v) is 20.2. The van der Waals surface area contributed by atoms with Gasteiger partial charge in [-0.25, -0.2) is 0 Å². The first-order chi connectivity index (χ1) is 28.2. The molecule has 1 fully saturated rings. The topological polar surface area (TPSA) is 351 Å². The van der Waals surface area contributed by atoms with E-state index >= 15 is 0 Å². The fourth-order valence-electron chi connectivity index (χ4n) is 5.85. The Morgan fingerprint density at radius 3 is 1.38 bits per heavy atom. The number of nitrogens with two attached hydrogens (primary N) is 2. The van der Waals surface area contributed by atoms with E-state index < -0.39 is 138 Å². The molecule has 0 unspecified atom stereocenters. The molecule has 0 bridgehead atoms. The molecule has 1 saturated heterocycles. The van der Waals surface area contributed by atoms with Crippen molar-refractivity contribution >= 4 is 65.0 Å². The van der Waals surface area contributed by atoms with Gasteiger partial charge < -0.3 is 64.2 Å². The lowest BCUT2D eigenvalue weighted by molar-refractivity contribution is -0.141. The highest BCUT2D eigenvalue weighted by Gasteiger charge is 2.38. The summed E-state index contributed by atoms with van der Waals surface area (Å²) >= 11 is 0. The summed E-state index contributed by atoms with van der Waals surface area (Å²) < 4.78 is 0. The molecular formula is C38H66N12O11. The van der Waals surface area contributed by atoms with Gasteiger partial charge in [0.05, 0.1) is 12.6 Å². The molecule has 0 aliphatic carbocycles. The zero-order valence-electron chi connectivity index (χ0n) is 36.8. The highest BCUT2D eigenvalue weighted by molar-refractivity contribution is 5.98. The van der Waals surface area contributed by atoms with Gasteiger partial charge in [-0.3, -0.25) is 52.7 Å². The SMILES string of the molecule is CC(C)[C@H](NC(=O)[C@@H](NC(=O)[C@H](C)NC(=O)CNC(=O)[C@H](C)NC(=O)[C@H](C)NC(=O)[C@H](C)NC(=O)[C@H](C)NC(=O)[C@@H]1CCCN1C(=O)[C@H](C)NC(=O)[C@@H](C)N)C(C)C)C(N)=O. The number of amides is 11. The van der Waals surface area contributed by atoms with Crippen molar-refractivity contribution in [3.63, 3.8) is 0 Å². The van der Waals surface area contributed by atoms with Gasteiger partial charge >= 0.3 is 0 Å². The molecule has 0 aromatic heterocycles. The number of likely N-dealkylation sites (tertiary alicyclic amines) is 1. The average molecular weight is 867 g/mol. The van der Waals surface area contributed by atoms with Crippen molar-refractivity contribution in [3.05, 3.63) is 0 Å². The lowest BCUT2D eigenvalue weighted by Gasteiger charge is -2.28. The van der Waals surface area contributed by atoms with Gasteiger partial charge in [-0.2, -0.15) is 0 Å². The van der Waals surface area contributed by atoms with Crippen LogP contribution in [0, 0.1) is 11.8 Å². The predicted octanol–water partition coefficient (Wildman–Crippen LogP) is -4.76. The van der Waals surface area contributed by atoms with E-state index in [0.29, 0.717) is 12.8 Å². The molecule has 23 heteroatoms. The van der Waals surface area contributed by atoms with Crippen LogP contribution < -0.4 is 59.3 Å². The van der Waals surface area contributed by atoms with Crippen LogP contribution in [-0.4, -0.2) is 143 Å². The number of primary amides is 1. The Kier molecular flexibility index (Phi) is 21.3. The van der Waals surface area contributed by atoms with E-state index in [1.165, 1.54) is 53.4 Å². The van der Waals surface area contributed by atoms with E-state index in [-0.39, 0.29) is 12.5 Å².